The van der Waals surface area contributed by atoms with Crippen molar-refractivity contribution in [1.29, 1.82) is 0 Å². The van der Waals surface area contributed by atoms with Gasteiger partial charge in [-0.1, -0.05) is 18.2 Å². The van der Waals surface area contributed by atoms with Gasteiger partial charge < -0.3 is 18.9 Å². The highest BCUT2D eigenvalue weighted by atomic mass is 79.9. The number of methoxy groups -OCH3 is 1. The summed E-state index contributed by atoms with van der Waals surface area (Å²) in [6, 6.07) is 15.7. The van der Waals surface area contributed by atoms with E-state index in [2.05, 4.69) is 50.6 Å². The van der Waals surface area contributed by atoms with Gasteiger partial charge >= 0.3 is 6.01 Å². The monoisotopic (exact) mass is 679 g/mol. The first-order valence-corrected chi connectivity index (χ1v) is 15.6. The summed E-state index contributed by atoms with van der Waals surface area (Å²) in [7, 11) is -2.46. The Morgan fingerprint density at radius 3 is 2.30 bits per heavy atom. The second-order valence-corrected chi connectivity index (χ2v) is 11.6. The number of halogens is 1. The first kappa shape index (κ1) is 30.6. The summed E-state index contributed by atoms with van der Waals surface area (Å²) in [5.74, 6) is 0.350. The Hall–Kier alpha value is -4.89. The molecule has 226 valence electrons. The first-order chi connectivity index (χ1) is 21.4. The van der Waals surface area contributed by atoms with E-state index in [4.69, 9.17) is 18.9 Å². The molecule has 0 amide bonds. The van der Waals surface area contributed by atoms with Crippen LogP contribution in [0.5, 0.6) is 29.1 Å². The normalized spacial score (nSPS) is 11.0. The summed E-state index contributed by atoms with van der Waals surface area (Å²) >= 11 is 3.28. The van der Waals surface area contributed by atoms with Gasteiger partial charge in [-0.25, -0.2) is 23.4 Å². The van der Waals surface area contributed by atoms with Crippen molar-refractivity contribution in [2.45, 2.75) is 6.42 Å². The Bertz CT molecular complexity index is 1780. The third kappa shape index (κ3) is 8.35. The average Bonchev–Trinajstić information content (AvgIpc) is 3.05. The number of aryl methyl sites for hydroxylation is 1. The van der Waals surface area contributed by atoms with Crippen LogP contribution in [0, 0.1) is 0 Å². The molecule has 15 heteroatoms. The predicted octanol–water partition coefficient (Wildman–Crippen LogP) is 4.73. The number of anilines is 1. The van der Waals surface area contributed by atoms with E-state index in [0.717, 1.165) is 0 Å². The third-order valence-corrected chi connectivity index (χ3v) is 7.46. The van der Waals surface area contributed by atoms with Crippen molar-refractivity contribution in [1.82, 2.24) is 29.9 Å². The minimum absolute atomic E-state index is 0.0135. The van der Waals surface area contributed by atoms with Crippen molar-refractivity contribution in [2.75, 3.05) is 30.8 Å². The van der Waals surface area contributed by atoms with E-state index in [1.807, 2.05) is 0 Å². The fourth-order valence-corrected chi connectivity index (χ4v) is 4.98. The number of hydrogen-bond donors (Lipinski definition) is 1. The number of sulfonamides is 1. The molecule has 0 saturated carbocycles. The van der Waals surface area contributed by atoms with E-state index in [1.54, 1.807) is 85.6 Å². The van der Waals surface area contributed by atoms with E-state index in [9.17, 15) is 8.42 Å². The summed E-state index contributed by atoms with van der Waals surface area (Å²) in [5, 5.41) is 0. The average molecular weight is 681 g/mol. The zero-order valence-corrected chi connectivity index (χ0v) is 25.7. The molecule has 0 saturated heterocycles. The van der Waals surface area contributed by atoms with E-state index in [0.29, 0.717) is 21.5 Å². The van der Waals surface area contributed by atoms with Crippen LogP contribution in [0.15, 0.2) is 90.1 Å². The van der Waals surface area contributed by atoms with Crippen molar-refractivity contribution in [3.8, 4) is 40.5 Å². The molecule has 13 nitrogen and oxygen atoms in total. The maximum absolute atomic E-state index is 13.3. The van der Waals surface area contributed by atoms with Crippen LogP contribution in [-0.4, -0.2) is 64.4 Å². The van der Waals surface area contributed by atoms with Crippen LogP contribution in [0.1, 0.15) is 5.69 Å². The molecule has 5 aromatic rings. The number of rotatable bonds is 14. The molecule has 5 rings (SSSR count). The zero-order chi connectivity index (χ0) is 30.8. The molecule has 0 spiro atoms. The summed E-state index contributed by atoms with van der Waals surface area (Å²) < 4.78 is 53.2. The largest absolute Gasteiger partial charge is 0.493 e. The van der Waals surface area contributed by atoms with Crippen LogP contribution in [-0.2, 0) is 16.4 Å². The van der Waals surface area contributed by atoms with Gasteiger partial charge in [-0.15, -0.1) is 0 Å². The smallest absolute Gasteiger partial charge is 0.316 e. The Kier molecular flexibility index (Phi) is 10.1. The number of nitrogens with one attached hydrogen (secondary N) is 1. The van der Waals surface area contributed by atoms with Gasteiger partial charge in [-0.3, -0.25) is 14.7 Å². The maximum Gasteiger partial charge on any atom is 0.316 e. The molecule has 0 unspecified atom stereocenters. The number of hydrogen-bond acceptors (Lipinski definition) is 12. The molecule has 1 N–H and O–H groups in total. The standard InChI is InChI=1S/C29H26BrN7O6S/c1-40-23-7-2-3-8-24(23)43-25-27(37-44(38,39)17-11-22-6-4-5-12-32-22)35-26(20-9-13-31-14-10-20)36-28(25)41-15-16-42-29-33-18-21(30)19-34-29/h2-10,12-14,18-19H,11,15-17H2,1H3,(H,35,36,37). The Balaban J connectivity index is 1.49. The summed E-state index contributed by atoms with van der Waals surface area (Å²) in [6.07, 6.45) is 8.04. The molecule has 0 fully saturated rings. The molecule has 0 aliphatic carbocycles. The van der Waals surface area contributed by atoms with Crippen molar-refractivity contribution in [3.63, 3.8) is 0 Å². The highest BCUT2D eigenvalue weighted by Crippen LogP contribution is 2.41. The third-order valence-electron chi connectivity index (χ3n) is 5.81. The van der Waals surface area contributed by atoms with Crippen molar-refractivity contribution in [3.05, 3.63) is 95.7 Å². The summed E-state index contributed by atoms with van der Waals surface area (Å²) in [5.41, 5.74) is 1.20. The van der Waals surface area contributed by atoms with Crippen LogP contribution in [0.3, 0.4) is 0 Å². The van der Waals surface area contributed by atoms with Gasteiger partial charge in [-0.05, 0) is 52.3 Å². The molecule has 0 atom stereocenters. The van der Waals surface area contributed by atoms with Crippen molar-refractivity contribution in [2.24, 2.45) is 0 Å². The lowest BCUT2D eigenvalue weighted by Crippen LogP contribution is -2.20. The molecule has 44 heavy (non-hydrogen) atoms. The highest BCUT2D eigenvalue weighted by Gasteiger charge is 2.24. The minimum Gasteiger partial charge on any atom is -0.493 e. The van der Waals surface area contributed by atoms with Crippen molar-refractivity contribution < 1.29 is 27.4 Å². The molecule has 0 bridgehead atoms. The van der Waals surface area contributed by atoms with Crippen LogP contribution >= 0.6 is 15.9 Å². The highest BCUT2D eigenvalue weighted by molar-refractivity contribution is 9.10. The van der Waals surface area contributed by atoms with Crippen LogP contribution in [0.2, 0.25) is 0 Å². The van der Waals surface area contributed by atoms with Gasteiger partial charge in [0.15, 0.2) is 23.1 Å². The van der Waals surface area contributed by atoms with Crippen LogP contribution in [0.25, 0.3) is 11.4 Å². The van der Waals surface area contributed by atoms with Gasteiger partial charge in [0.05, 0.1) is 17.3 Å². The maximum atomic E-state index is 13.3. The number of para-hydroxylation sites is 2. The van der Waals surface area contributed by atoms with Crippen LogP contribution in [0.4, 0.5) is 5.82 Å². The fourth-order valence-electron chi connectivity index (χ4n) is 3.76. The van der Waals surface area contributed by atoms with Gasteiger partial charge in [0.2, 0.25) is 15.8 Å². The predicted molar refractivity (Wildman–Crippen MR) is 164 cm³/mol. The summed E-state index contributed by atoms with van der Waals surface area (Å²) in [6.45, 7) is 0.0375. The Morgan fingerprint density at radius 1 is 0.841 bits per heavy atom. The zero-order valence-electron chi connectivity index (χ0n) is 23.3. The van der Waals surface area contributed by atoms with Gasteiger partial charge in [-0.2, -0.15) is 4.98 Å². The number of benzene rings is 1. The quantitative estimate of drug-likeness (QED) is 0.161. The molecular weight excluding hydrogens is 654 g/mol. The molecular formula is C29H26BrN7O6S. The summed E-state index contributed by atoms with van der Waals surface area (Å²) in [4.78, 5) is 25.5. The van der Waals surface area contributed by atoms with Gasteiger partial charge in [0.25, 0.3) is 5.88 Å². The lowest BCUT2D eigenvalue weighted by Gasteiger charge is -2.18. The topological polar surface area (TPSA) is 160 Å². The lowest BCUT2D eigenvalue weighted by molar-refractivity contribution is 0.197. The van der Waals surface area contributed by atoms with Crippen molar-refractivity contribution >= 4 is 31.8 Å². The molecule has 1 aromatic carbocycles. The van der Waals surface area contributed by atoms with Gasteiger partial charge in [0, 0.05) is 48.7 Å². The second kappa shape index (κ2) is 14.5. The first-order valence-electron chi connectivity index (χ1n) is 13.2. The van der Waals surface area contributed by atoms with E-state index >= 15 is 0 Å². The molecule has 0 aliphatic heterocycles. The number of pyridine rings is 2. The van der Waals surface area contributed by atoms with Gasteiger partial charge in [0.1, 0.15) is 13.2 Å². The second-order valence-electron chi connectivity index (χ2n) is 8.89. The lowest BCUT2D eigenvalue weighted by atomic mass is 10.2. The number of aromatic nitrogens is 6. The molecule has 4 heterocycles. The van der Waals surface area contributed by atoms with E-state index < -0.39 is 10.0 Å². The van der Waals surface area contributed by atoms with E-state index in [-0.39, 0.29) is 60.4 Å². The number of nitrogens with zero attached hydrogens (tertiary/aromatic N) is 6. The Labute approximate surface area is 261 Å². The minimum atomic E-state index is -3.95. The van der Waals surface area contributed by atoms with Crippen LogP contribution < -0.4 is 23.7 Å². The molecule has 0 radical (unpaired) electrons. The SMILES string of the molecule is COc1ccccc1Oc1c(NS(=O)(=O)CCc2ccccn2)nc(-c2ccncc2)nc1OCCOc1ncc(Br)cn1. The number of ether oxygens (including phenoxy) is 4. The molecule has 4 aromatic heterocycles. The Morgan fingerprint density at radius 2 is 1.57 bits per heavy atom. The fraction of sp³-hybridized carbons (Fsp3) is 0.172. The molecule has 0 aliphatic rings. The van der Waals surface area contributed by atoms with E-state index in [1.165, 1.54) is 7.11 Å².